The molecule has 0 unspecified atom stereocenters. The van der Waals surface area contributed by atoms with Crippen molar-refractivity contribution in [3.8, 4) is 6.01 Å². The number of carbonyl (C=O) groups is 1. The Balaban J connectivity index is 2.82. The van der Waals surface area contributed by atoms with Crippen LogP contribution in [-0.2, 0) is 4.79 Å². The van der Waals surface area contributed by atoms with Gasteiger partial charge in [-0.2, -0.15) is 15.0 Å². The number of likely N-dealkylation sites (N-methyl/N-ethyl adjacent to an activating group) is 1. The van der Waals surface area contributed by atoms with Crippen LogP contribution in [0.4, 0.5) is 11.9 Å². The number of hydrogen-bond acceptors (Lipinski definition) is 7. The van der Waals surface area contributed by atoms with E-state index in [9.17, 15) is 4.79 Å². The lowest BCUT2D eigenvalue weighted by atomic mass is 10.5. The highest BCUT2D eigenvalue weighted by Gasteiger charge is 2.09. The molecule has 1 amide bonds. The van der Waals surface area contributed by atoms with Crippen molar-refractivity contribution in [2.75, 3.05) is 30.8 Å². The molecule has 0 spiro atoms. The fourth-order valence-corrected chi connectivity index (χ4v) is 1.18. The molecule has 0 atom stereocenters. The first-order chi connectivity index (χ1) is 9.05. The Morgan fingerprint density at radius 3 is 2.37 bits per heavy atom. The van der Waals surface area contributed by atoms with Gasteiger partial charge in [0.15, 0.2) is 0 Å². The SMILES string of the molecule is CCNc1nc(NCC(=O)NC)nc(OC(C)C)n1. The Morgan fingerprint density at radius 1 is 1.21 bits per heavy atom. The molecular weight excluding hydrogens is 248 g/mol. The Hall–Kier alpha value is -2.12. The van der Waals surface area contributed by atoms with Crippen LogP contribution in [0.3, 0.4) is 0 Å². The van der Waals surface area contributed by atoms with Gasteiger partial charge in [0, 0.05) is 13.6 Å². The van der Waals surface area contributed by atoms with E-state index in [1.165, 1.54) is 0 Å². The fourth-order valence-electron chi connectivity index (χ4n) is 1.18. The van der Waals surface area contributed by atoms with Crippen LogP contribution in [-0.4, -0.2) is 47.1 Å². The molecule has 1 rings (SSSR count). The van der Waals surface area contributed by atoms with Crippen molar-refractivity contribution < 1.29 is 9.53 Å². The second-order valence-corrected chi connectivity index (χ2v) is 3.99. The number of ether oxygens (including phenoxy) is 1. The van der Waals surface area contributed by atoms with E-state index >= 15 is 0 Å². The molecule has 0 saturated carbocycles. The van der Waals surface area contributed by atoms with Crippen LogP contribution in [0, 0.1) is 0 Å². The molecule has 3 N–H and O–H groups in total. The van der Waals surface area contributed by atoms with E-state index in [-0.39, 0.29) is 24.6 Å². The second-order valence-electron chi connectivity index (χ2n) is 3.99. The second kappa shape index (κ2) is 7.34. The van der Waals surface area contributed by atoms with Crippen LogP contribution in [0.2, 0.25) is 0 Å². The normalized spacial score (nSPS) is 10.2. The summed E-state index contributed by atoms with van der Waals surface area (Å²) in [6.07, 6.45) is -0.0383. The average molecular weight is 268 g/mol. The molecule has 0 aliphatic carbocycles. The van der Waals surface area contributed by atoms with Gasteiger partial charge >= 0.3 is 6.01 Å². The molecule has 0 aliphatic rings. The number of amides is 1. The highest BCUT2D eigenvalue weighted by Crippen LogP contribution is 2.12. The lowest BCUT2D eigenvalue weighted by Crippen LogP contribution is -2.27. The third-order valence-electron chi connectivity index (χ3n) is 1.98. The monoisotopic (exact) mass is 268 g/mol. The average Bonchev–Trinajstić information content (AvgIpc) is 2.35. The van der Waals surface area contributed by atoms with E-state index in [2.05, 4.69) is 30.9 Å². The first kappa shape index (κ1) is 14.9. The molecular formula is C11H20N6O2. The van der Waals surface area contributed by atoms with Crippen molar-refractivity contribution in [3.63, 3.8) is 0 Å². The minimum absolute atomic E-state index is 0.0383. The third-order valence-corrected chi connectivity index (χ3v) is 1.98. The van der Waals surface area contributed by atoms with E-state index in [0.29, 0.717) is 18.4 Å². The molecule has 1 aromatic heterocycles. The van der Waals surface area contributed by atoms with Gasteiger partial charge in [0.25, 0.3) is 0 Å². The first-order valence-electron chi connectivity index (χ1n) is 6.16. The van der Waals surface area contributed by atoms with Crippen molar-refractivity contribution in [3.05, 3.63) is 0 Å². The van der Waals surface area contributed by atoms with E-state index < -0.39 is 0 Å². The van der Waals surface area contributed by atoms with Gasteiger partial charge in [0.2, 0.25) is 17.8 Å². The van der Waals surface area contributed by atoms with Gasteiger partial charge in [-0.1, -0.05) is 0 Å². The summed E-state index contributed by atoms with van der Waals surface area (Å²) in [6, 6.07) is 0.223. The maximum Gasteiger partial charge on any atom is 0.323 e. The van der Waals surface area contributed by atoms with Crippen LogP contribution in [0.25, 0.3) is 0 Å². The van der Waals surface area contributed by atoms with Gasteiger partial charge in [-0.15, -0.1) is 0 Å². The molecule has 0 aliphatic heterocycles. The summed E-state index contributed by atoms with van der Waals surface area (Å²) in [6.45, 7) is 6.47. The zero-order valence-electron chi connectivity index (χ0n) is 11.6. The number of rotatable bonds is 7. The first-order valence-corrected chi connectivity index (χ1v) is 6.16. The largest absolute Gasteiger partial charge is 0.461 e. The molecule has 8 nitrogen and oxygen atoms in total. The molecule has 106 valence electrons. The van der Waals surface area contributed by atoms with Crippen LogP contribution >= 0.6 is 0 Å². The van der Waals surface area contributed by atoms with Crippen LogP contribution < -0.4 is 20.7 Å². The summed E-state index contributed by atoms with van der Waals surface area (Å²) >= 11 is 0. The predicted octanol–water partition coefficient (Wildman–Crippen LogP) is 0.249. The zero-order valence-corrected chi connectivity index (χ0v) is 11.6. The topological polar surface area (TPSA) is 101 Å². The fraction of sp³-hybridized carbons (Fsp3) is 0.636. The van der Waals surface area contributed by atoms with Crippen LogP contribution in [0.15, 0.2) is 0 Å². The highest BCUT2D eigenvalue weighted by atomic mass is 16.5. The predicted molar refractivity (Wildman–Crippen MR) is 72.3 cm³/mol. The quantitative estimate of drug-likeness (QED) is 0.651. The summed E-state index contributed by atoms with van der Waals surface area (Å²) in [5.74, 6) is 0.550. The Morgan fingerprint density at radius 2 is 1.84 bits per heavy atom. The maximum atomic E-state index is 11.2. The molecule has 0 bridgehead atoms. The van der Waals surface area contributed by atoms with Gasteiger partial charge in [-0.05, 0) is 20.8 Å². The number of carbonyl (C=O) groups excluding carboxylic acids is 1. The van der Waals surface area contributed by atoms with E-state index in [1.54, 1.807) is 7.05 Å². The standard InChI is InChI=1S/C11H20N6O2/c1-5-13-9-15-10(14-6-8(18)12-4)17-11(16-9)19-7(2)3/h7H,5-6H2,1-4H3,(H,12,18)(H2,13,14,15,16,17). The van der Waals surface area contributed by atoms with E-state index in [1.807, 2.05) is 20.8 Å². The zero-order chi connectivity index (χ0) is 14.3. The van der Waals surface area contributed by atoms with Crippen LogP contribution in [0.1, 0.15) is 20.8 Å². The summed E-state index contributed by atoms with van der Waals surface area (Å²) in [5, 5.41) is 8.30. The van der Waals surface area contributed by atoms with Crippen molar-refractivity contribution in [1.29, 1.82) is 0 Å². The Kier molecular flexibility index (Phi) is 5.77. The van der Waals surface area contributed by atoms with Gasteiger partial charge in [0.05, 0.1) is 12.6 Å². The molecule has 1 aromatic rings. The van der Waals surface area contributed by atoms with Crippen LogP contribution in [0.5, 0.6) is 6.01 Å². The van der Waals surface area contributed by atoms with Crippen molar-refractivity contribution >= 4 is 17.8 Å². The van der Waals surface area contributed by atoms with E-state index in [0.717, 1.165) is 0 Å². The molecule has 0 saturated heterocycles. The Labute approximate surface area is 112 Å². The van der Waals surface area contributed by atoms with E-state index in [4.69, 9.17) is 4.74 Å². The Bertz CT molecular complexity index is 424. The third kappa shape index (κ3) is 5.36. The number of nitrogens with zero attached hydrogens (tertiary/aromatic N) is 3. The minimum atomic E-state index is -0.156. The molecule has 19 heavy (non-hydrogen) atoms. The van der Waals surface area contributed by atoms with Crippen molar-refractivity contribution in [2.45, 2.75) is 26.9 Å². The molecule has 0 fully saturated rings. The maximum absolute atomic E-state index is 11.2. The minimum Gasteiger partial charge on any atom is -0.461 e. The lowest BCUT2D eigenvalue weighted by Gasteiger charge is -2.11. The van der Waals surface area contributed by atoms with Gasteiger partial charge in [-0.25, -0.2) is 0 Å². The number of aromatic nitrogens is 3. The molecule has 1 heterocycles. The molecule has 0 aromatic carbocycles. The van der Waals surface area contributed by atoms with Crippen molar-refractivity contribution in [1.82, 2.24) is 20.3 Å². The summed E-state index contributed by atoms with van der Waals surface area (Å²) in [7, 11) is 1.56. The van der Waals surface area contributed by atoms with Gasteiger partial charge in [-0.3, -0.25) is 4.79 Å². The smallest absolute Gasteiger partial charge is 0.323 e. The summed E-state index contributed by atoms with van der Waals surface area (Å²) in [4.78, 5) is 23.5. The van der Waals surface area contributed by atoms with Gasteiger partial charge in [0.1, 0.15) is 0 Å². The number of hydrogen-bond donors (Lipinski definition) is 3. The molecule has 8 heteroatoms. The van der Waals surface area contributed by atoms with Crippen molar-refractivity contribution in [2.24, 2.45) is 0 Å². The highest BCUT2D eigenvalue weighted by molar-refractivity contribution is 5.79. The summed E-state index contributed by atoms with van der Waals surface area (Å²) in [5.41, 5.74) is 0. The number of anilines is 2. The molecule has 0 radical (unpaired) electrons. The summed E-state index contributed by atoms with van der Waals surface area (Å²) < 4.78 is 5.43. The number of nitrogens with one attached hydrogen (secondary N) is 3. The lowest BCUT2D eigenvalue weighted by molar-refractivity contribution is -0.118. The van der Waals surface area contributed by atoms with Gasteiger partial charge < -0.3 is 20.7 Å².